The topological polar surface area (TPSA) is 26.3 Å². The molecule has 0 radical (unpaired) electrons. The molecule has 14 heavy (non-hydrogen) atoms. The molecule has 2 heteroatoms. The van der Waals surface area contributed by atoms with Gasteiger partial charge in [-0.2, -0.15) is 0 Å². The minimum atomic E-state index is 0.169. The van der Waals surface area contributed by atoms with Gasteiger partial charge in [-0.25, -0.2) is 0 Å². The average Bonchev–Trinajstić information content (AvgIpc) is 2.01. The molecule has 0 spiro atoms. The van der Waals surface area contributed by atoms with E-state index in [1.807, 2.05) is 0 Å². The van der Waals surface area contributed by atoms with Gasteiger partial charge < -0.3 is 4.74 Å². The first-order chi connectivity index (χ1) is 6.45. The van der Waals surface area contributed by atoms with Crippen molar-refractivity contribution >= 4 is 5.78 Å². The third kappa shape index (κ3) is 6.14. The number of rotatable bonds is 7. The van der Waals surface area contributed by atoms with Gasteiger partial charge in [0.2, 0.25) is 0 Å². The molecule has 0 fully saturated rings. The number of hydrogen-bond donors (Lipinski definition) is 0. The van der Waals surface area contributed by atoms with Gasteiger partial charge in [-0.05, 0) is 25.2 Å². The maximum atomic E-state index is 11.3. The molecule has 0 saturated heterocycles. The van der Waals surface area contributed by atoms with Gasteiger partial charge in [-0.15, -0.1) is 0 Å². The van der Waals surface area contributed by atoms with Crippen molar-refractivity contribution in [2.45, 2.75) is 41.0 Å². The van der Waals surface area contributed by atoms with Crippen LogP contribution in [0.3, 0.4) is 0 Å². The van der Waals surface area contributed by atoms with E-state index >= 15 is 0 Å². The van der Waals surface area contributed by atoms with Crippen LogP contribution in [0.5, 0.6) is 0 Å². The van der Waals surface area contributed by atoms with Crippen LogP contribution in [-0.4, -0.2) is 19.0 Å². The summed E-state index contributed by atoms with van der Waals surface area (Å²) in [4.78, 5) is 11.3. The lowest BCUT2D eigenvalue weighted by atomic mass is 9.89. The first-order valence-electron chi connectivity index (χ1n) is 5.53. The quantitative estimate of drug-likeness (QED) is 0.591. The van der Waals surface area contributed by atoms with Gasteiger partial charge >= 0.3 is 0 Å². The second-order valence-electron chi connectivity index (χ2n) is 4.72. The fourth-order valence-electron chi connectivity index (χ4n) is 1.54. The van der Waals surface area contributed by atoms with Crippen LogP contribution in [0.4, 0.5) is 0 Å². The number of ketones is 1. The summed E-state index contributed by atoms with van der Waals surface area (Å²) >= 11 is 0. The van der Waals surface area contributed by atoms with Crippen LogP contribution in [-0.2, 0) is 9.53 Å². The van der Waals surface area contributed by atoms with E-state index in [0.717, 1.165) is 13.0 Å². The fourth-order valence-corrected chi connectivity index (χ4v) is 1.54. The van der Waals surface area contributed by atoms with Crippen LogP contribution in [0, 0.1) is 17.8 Å². The lowest BCUT2D eigenvalue weighted by molar-refractivity contribution is -0.122. The van der Waals surface area contributed by atoms with Gasteiger partial charge in [0.05, 0.1) is 0 Å². The molecule has 0 aromatic carbocycles. The normalized spacial score (nSPS) is 13.6. The number of carbonyl (C=O) groups excluding carboxylic acids is 1. The lowest BCUT2D eigenvalue weighted by Crippen LogP contribution is -2.20. The number of ether oxygens (including phenoxy) is 1. The van der Waals surface area contributed by atoms with Crippen molar-refractivity contribution in [1.82, 2.24) is 0 Å². The molecular weight excluding hydrogens is 176 g/mol. The Morgan fingerprint density at radius 3 is 2.14 bits per heavy atom. The molecule has 1 unspecified atom stereocenters. The SMILES string of the molecule is CC(=O)C(CCOCC(C)C)C(C)C. The number of hydrogen-bond acceptors (Lipinski definition) is 2. The standard InChI is InChI=1S/C12H24O2/c1-9(2)8-14-7-6-12(10(3)4)11(5)13/h9-10,12H,6-8H2,1-5H3. The van der Waals surface area contributed by atoms with Crippen molar-refractivity contribution in [3.8, 4) is 0 Å². The smallest absolute Gasteiger partial charge is 0.133 e. The molecule has 0 N–H and O–H groups in total. The predicted octanol–water partition coefficient (Wildman–Crippen LogP) is 2.91. The minimum absolute atomic E-state index is 0.169. The third-order valence-corrected chi connectivity index (χ3v) is 2.35. The van der Waals surface area contributed by atoms with Gasteiger partial charge in [-0.1, -0.05) is 27.7 Å². The molecule has 0 saturated carbocycles. The number of carbonyl (C=O) groups is 1. The highest BCUT2D eigenvalue weighted by Gasteiger charge is 2.17. The minimum Gasteiger partial charge on any atom is -0.381 e. The Morgan fingerprint density at radius 1 is 1.21 bits per heavy atom. The van der Waals surface area contributed by atoms with E-state index in [2.05, 4.69) is 27.7 Å². The summed E-state index contributed by atoms with van der Waals surface area (Å²) in [5.74, 6) is 1.45. The highest BCUT2D eigenvalue weighted by Crippen LogP contribution is 2.16. The zero-order valence-corrected chi connectivity index (χ0v) is 10.2. The molecule has 0 amide bonds. The van der Waals surface area contributed by atoms with Crippen molar-refractivity contribution in [3.05, 3.63) is 0 Å². The molecule has 0 aliphatic rings. The predicted molar refractivity (Wildman–Crippen MR) is 59.3 cm³/mol. The zero-order chi connectivity index (χ0) is 11.1. The van der Waals surface area contributed by atoms with E-state index in [-0.39, 0.29) is 11.7 Å². The Morgan fingerprint density at radius 2 is 1.79 bits per heavy atom. The van der Waals surface area contributed by atoms with Crippen molar-refractivity contribution in [3.63, 3.8) is 0 Å². The van der Waals surface area contributed by atoms with Crippen molar-refractivity contribution in [2.75, 3.05) is 13.2 Å². The second kappa shape index (κ2) is 6.99. The van der Waals surface area contributed by atoms with Gasteiger partial charge in [0.1, 0.15) is 5.78 Å². The van der Waals surface area contributed by atoms with Gasteiger partial charge in [0.25, 0.3) is 0 Å². The van der Waals surface area contributed by atoms with E-state index in [0.29, 0.717) is 18.4 Å². The van der Waals surface area contributed by atoms with E-state index in [9.17, 15) is 4.79 Å². The fraction of sp³-hybridized carbons (Fsp3) is 0.917. The van der Waals surface area contributed by atoms with Crippen LogP contribution < -0.4 is 0 Å². The van der Waals surface area contributed by atoms with E-state index in [1.165, 1.54) is 0 Å². The first-order valence-corrected chi connectivity index (χ1v) is 5.53. The summed E-state index contributed by atoms with van der Waals surface area (Å²) < 4.78 is 5.47. The Balaban J connectivity index is 3.67. The van der Waals surface area contributed by atoms with Gasteiger partial charge in [-0.3, -0.25) is 4.79 Å². The monoisotopic (exact) mass is 200 g/mol. The van der Waals surface area contributed by atoms with Crippen LogP contribution in [0.1, 0.15) is 41.0 Å². The van der Waals surface area contributed by atoms with E-state index in [1.54, 1.807) is 6.92 Å². The third-order valence-electron chi connectivity index (χ3n) is 2.35. The maximum absolute atomic E-state index is 11.3. The van der Waals surface area contributed by atoms with Gasteiger partial charge in [0.15, 0.2) is 0 Å². The largest absolute Gasteiger partial charge is 0.381 e. The van der Waals surface area contributed by atoms with E-state index < -0.39 is 0 Å². The van der Waals surface area contributed by atoms with Crippen LogP contribution in [0.15, 0.2) is 0 Å². The molecule has 0 rings (SSSR count). The van der Waals surface area contributed by atoms with Crippen LogP contribution in [0.2, 0.25) is 0 Å². The molecule has 0 aliphatic heterocycles. The van der Waals surface area contributed by atoms with Crippen molar-refractivity contribution < 1.29 is 9.53 Å². The summed E-state index contributed by atoms with van der Waals surface area (Å²) in [5.41, 5.74) is 0. The molecule has 2 nitrogen and oxygen atoms in total. The molecule has 1 atom stereocenters. The molecular formula is C12H24O2. The Kier molecular flexibility index (Phi) is 6.81. The van der Waals surface area contributed by atoms with Crippen LogP contribution in [0.25, 0.3) is 0 Å². The molecule has 0 bridgehead atoms. The summed E-state index contributed by atoms with van der Waals surface area (Å²) in [6.45, 7) is 11.6. The summed E-state index contributed by atoms with van der Waals surface area (Å²) in [6.07, 6.45) is 0.861. The lowest BCUT2D eigenvalue weighted by Gasteiger charge is -2.17. The molecule has 0 aromatic heterocycles. The Labute approximate surface area is 88.0 Å². The van der Waals surface area contributed by atoms with Crippen molar-refractivity contribution in [2.24, 2.45) is 17.8 Å². The Bertz CT molecular complexity index is 162. The summed E-state index contributed by atoms with van der Waals surface area (Å²) in [5, 5.41) is 0. The van der Waals surface area contributed by atoms with Crippen molar-refractivity contribution in [1.29, 1.82) is 0 Å². The highest BCUT2D eigenvalue weighted by atomic mass is 16.5. The average molecular weight is 200 g/mol. The second-order valence-corrected chi connectivity index (χ2v) is 4.72. The van der Waals surface area contributed by atoms with Gasteiger partial charge in [0, 0.05) is 19.1 Å². The summed E-state index contributed by atoms with van der Waals surface area (Å²) in [7, 11) is 0. The maximum Gasteiger partial charge on any atom is 0.133 e. The first kappa shape index (κ1) is 13.6. The highest BCUT2D eigenvalue weighted by molar-refractivity contribution is 5.78. The summed E-state index contributed by atoms with van der Waals surface area (Å²) in [6, 6.07) is 0. The Hall–Kier alpha value is -0.370. The molecule has 84 valence electrons. The van der Waals surface area contributed by atoms with Crippen LogP contribution >= 0.6 is 0 Å². The van der Waals surface area contributed by atoms with E-state index in [4.69, 9.17) is 4.74 Å². The molecule has 0 aromatic rings. The molecule has 0 heterocycles. The number of Topliss-reactive ketones (excluding diaryl/α,β-unsaturated/α-hetero) is 1. The zero-order valence-electron chi connectivity index (χ0n) is 10.2. The molecule has 0 aliphatic carbocycles.